The molecular weight excluding hydrogens is 178 g/mol. The van der Waals surface area contributed by atoms with Crippen LogP contribution in [0.25, 0.3) is 0 Å². The van der Waals surface area contributed by atoms with Crippen LogP contribution in [0.4, 0.5) is 0 Å². The molecule has 1 aliphatic rings. The number of carbonyl (C=O) groups excluding carboxylic acids is 1. The Kier molecular flexibility index (Phi) is 4.35. The molecule has 0 aromatic rings. The summed E-state index contributed by atoms with van der Waals surface area (Å²) in [5, 5.41) is 3.18. The molecule has 3 N–H and O–H groups in total. The van der Waals surface area contributed by atoms with Crippen LogP contribution in [-0.4, -0.2) is 42.5 Å². The van der Waals surface area contributed by atoms with Gasteiger partial charge in [0.25, 0.3) is 0 Å². The normalized spacial score (nSPS) is 20.2. The number of rotatable bonds is 4. The Morgan fingerprint density at radius 3 is 2.50 bits per heavy atom. The highest BCUT2D eigenvalue weighted by Crippen LogP contribution is 2.12. The maximum absolute atomic E-state index is 10.6. The maximum atomic E-state index is 10.6. The average Bonchev–Trinajstić information content (AvgIpc) is 2.15. The molecule has 4 nitrogen and oxygen atoms in total. The van der Waals surface area contributed by atoms with Crippen LogP contribution in [0.1, 0.15) is 26.7 Å². The Morgan fingerprint density at radius 2 is 2.07 bits per heavy atom. The van der Waals surface area contributed by atoms with Gasteiger partial charge in [-0.3, -0.25) is 4.79 Å². The van der Waals surface area contributed by atoms with Gasteiger partial charge in [0.2, 0.25) is 5.91 Å². The second-order valence-electron chi connectivity index (χ2n) is 4.25. The molecule has 0 radical (unpaired) electrons. The van der Waals surface area contributed by atoms with E-state index in [1.54, 1.807) is 0 Å². The molecular formula is C10H21N3O. The summed E-state index contributed by atoms with van der Waals surface area (Å²) in [6.07, 6.45) is 2.23. The van der Waals surface area contributed by atoms with Crippen molar-refractivity contribution in [3.63, 3.8) is 0 Å². The van der Waals surface area contributed by atoms with Crippen LogP contribution < -0.4 is 11.1 Å². The number of hydrogen-bond acceptors (Lipinski definition) is 3. The van der Waals surface area contributed by atoms with E-state index in [0.29, 0.717) is 18.6 Å². The number of hydrogen-bond donors (Lipinski definition) is 2. The summed E-state index contributed by atoms with van der Waals surface area (Å²) >= 11 is 0. The molecule has 14 heavy (non-hydrogen) atoms. The van der Waals surface area contributed by atoms with Crippen LogP contribution in [0.5, 0.6) is 0 Å². The second-order valence-corrected chi connectivity index (χ2v) is 4.25. The Hall–Kier alpha value is -0.610. The van der Waals surface area contributed by atoms with E-state index in [0.717, 1.165) is 25.9 Å². The van der Waals surface area contributed by atoms with Crippen LogP contribution >= 0.6 is 0 Å². The van der Waals surface area contributed by atoms with Gasteiger partial charge in [-0.15, -0.1) is 0 Å². The minimum Gasteiger partial charge on any atom is -0.369 e. The van der Waals surface area contributed by atoms with E-state index in [2.05, 4.69) is 24.1 Å². The van der Waals surface area contributed by atoms with E-state index in [1.807, 2.05) is 0 Å². The Morgan fingerprint density at radius 1 is 1.50 bits per heavy atom. The van der Waals surface area contributed by atoms with Gasteiger partial charge in [0.15, 0.2) is 0 Å². The van der Waals surface area contributed by atoms with Gasteiger partial charge in [-0.1, -0.05) is 0 Å². The molecule has 1 aliphatic heterocycles. The molecule has 0 spiro atoms. The van der Waals surface area contributed by atoms with Crippen molar-refractivity contribution >= 4 is 5.91 Å². The van der Waals surface area contributed by atoms with Crippen molar-refractivity contribution in [1.82, 2.24) is 10.2 Å². The molecule has 0 aliphatic carbocycles. The minimum absolute atomic E-state index is 0.267. The van der Waals surface area contributed by atoms with E-state index in [1.165, 1.54) is 0 Å². The number of amides is 1. The number of nitrogens with zero attached hydrogens (tertiary/aromatic N) is 1. The number of likely N-dealkylation sites (tertiary alicyclic amines) is 1. The van der Waals surface area contributed by atoms with Gasteiger partial charge in [-0.25, -0.2) is 0 Å². The van der Waals surface area contributed by atoms with E-state index in [9.17, 15) is 4.79 Å². The Bertz CT molecular complexity index is 186. The Balaban J connectivity index is 2.19. The molecule has 4 heteroatoms. The minimum atomic E-state index is -0.267. The second kappa shape index (κ2) is 5.32. The highest BCUT2D eigenvalue weighted by Gasteiger charge is 2.20. The molecule has 0 unspecified atom stereocenters. The third-order valence-corrected chi connectivity index (χ3v) is 2.82. The molecule has 1 saturated heterocycles. The predicted octanol–water partition coefficient (Wildman–Crippen LogP) is -0.0659. The molecule has 1 amide bonds. The topological polar surface area (TPSA) is 58.4 Å². The number of carbonyl (C=O) groups is 1. The lowest BCUT2D eigenvalue weighted by molar-refractivity contribution is -0.117. The van der Waals surface area contributed by atoms with Crippen molar-refractivity contribution in [3.05, 3.63) is 0 Å². The third-order valence-electron chi connectivity index (χ3n) is 2.82. The van der Waals surface area contributed by atoms with Crippen LogP contribution in [-0.2, 0) is 4.79 Å². The zero-order valence-electron chi connectivity index (χ0n) is 9.12. The van der Waals surface area contributed by atoms with E-state index in [-0.39, 0.29) is 5.91 Å². The van der Waals surface area contributed by atoms with Gasteiger partial charge in [-0.2, -0.15) is 0 Å². The van der Waals surface area contributed by atoms with Gasteiger partial charge in [0, 0.05) is 12.1 Å². The van der Waals surface area contributed by atoms with Crippen molar-refractivity contribution in [2.24, 2.45) is 5.73 Å². The predicted molar refractivity (Wildman–Crippen MR) is 56.9 cm³/mol. The largest absolute Gasteiger partial charge is 0.369 e. The lowest BCUT2D eigenvalue weighted by atomic mass is 10.0. The first-order valence-electron chi connectivity index (χ1n) is 5.35. The smallest absolute Gasteiger partial charge is 0.231 e. The summed E-state index contributed by atoms with van der Waals surface area (Å²) < 4.78 is 0. The lowest BCUT2D eigenvalue weighted by Crippen LogP contribution is -2.46. The summed E-state index contributed by atoms with van der Waals surface area (Å²) in [5.74, 6) is -0.267. The monoisotopic (exact) mass is 199 g/mol. The van der Waals surface area contributed by atoms with Crippen LogP contribution in [0.2, 0.25) is 0 Å². The summed E-state index contributed by atoms with van der Waals surface area (Å²) in [7, 11) is 0. The Labute approximate surface area is 85.8 Å². The van der Waals surface area contributed by atoms with E-state index in [4.69, 9.17) is 5.73 Å². The molecule has 1 rings (SSSR count). The molecule has 0 aromatic carbocycles. The molecule has 0 aromatic heterocycles. The number of nitrogens with one attached hydrogen (secondary N) is 1. The highest BCUT2D eigenvalue weighted by atomic mass is 16.1. The molecule has 82 valence electrons. The van der Waals surface area contributed by atoms with Gasteiger partial charge in [-0.05, 0) is 39.8 Å². The van der Waals surface area contributed by atoms with Crippen molar-refractivity contribution in [1.29, 1.82) is 0 Å². The van der Waals surface area contributed by atoms with Crippen molar-refractivity contribution in [2.75, 3.05) is 19.6 Å². The zero-order valence-corrected chi connectivity index (χ0v) is 9.12. The summed E-state index contributed by atoms with van der Waals surface area (Å²) in [4.78, 5) is 13.0. The average molecular weight is 199 g/mol. The van der Waals surface area contributed by atoms with Gasteiger partial charge < -0.3 is 16.0 Å². The van der Waals surface area contributed by atoms with Crippen molar-refractivity contribution < 1.29 is 4.79 Å². The maximum Gasteiger partial charge on any atom is 0.231 e. The summed E-state index contributed by atoms with van der Waals surface area (Å²) in [6.45, 7) is 6.99. The number of nitrogens with two attached hydrogens (primary N) is 1. The SMILES string of the molecule is CC(C)N1CCC(NCC(N)=O)CC1. The fraction of sp³-hybridized carbons (Fsp3) is 0.900. The number of piperidine rings is 1. The van der Waals surface area contributed by atoms with Crippen LogP contribution in [0.15, 0.2) is 0 Å². The van der Waals surface area contributed by atoms with E-state index < -0.39 is 0 Å². The zero-order chi connectivity index (χ0) is 10.6. The van der Waals surface area contributed by atoms with Crippen molar-refractivity contribution in [3.8, 4) is 0 Å². The van der Waals surface area contributed by atoms with Gasteiger partial charge >= 0.3 is 0 Å². The highest BCUT2D eigenvalue weighted by molar-refractivity contribution is 5.75. The summed E-state index contributed by atoms with van der Waals surface area (Å²) in [6, 6.07) is 1.10. The fourth-order valence-electron chi connectivity index (χ4n) is 1.86. The van der Waals surface area contributed by atoms with Crippen molar-refractivity contribution in [2.45, 2.75) is 38.8 Å². The van der Waals surface area contributed by atoms with E-state index >= 15 is 0 Å². The molecule has 1 fully saturated rings. The summed E-state index contributed by atoms with van der Waals surface area (Å²) in [5.41, 5.74) is 5.07. The quantitative estimate of drug-likeness (QED) is 0.666. The van der Waals surface area contributed by atoms with Gasteiger partial charge in [0.05, 0.1) is 6.54 Å². The van der Waals surface area contributed by atoms with Crippen LogP contribution in [0, 0.1) is 0 Å². The standard InChI is InChI=1S/C10H21N3O/c1-8(2)13-5-3-9(4-6-13)12-7-10(11)14/h8-9,12H,3-7H2,1-2H3,(H2,11,14). The molecule has 0 saturated carbocycles. The molecule has 0 atom stereocenters. The molecule has 0 bridgehead atoms. The lowest BCUT2D eigenvalue weighted by Gasteiger charge is -2.34. The van der Waals surface area contributed by atoms with Crippen LogP contribution in [0.3, 0.4) is 0 Å². The fourth-order valence-corrected chi connectivity index (χ4v) is 1.86. The third kappa shape index (κ3) is 3.64. The first kappa shape index (κ1) is 11.5. The number of primary amides is 1. The molecule has 1 heterocycles. The first-order chi connectivity index (χ1) is 6.59. The first-order valence-corrected chi connectivity index (χ1v) is 5.35. The van der Waals surface area contributed by atoms with Gasteiger partial charge in [0.1, 0.15) is 0 Å².